The van der Waals surface area contributed by atoms with E-state index in [1.807, 2.05) is 45.4 Å². The molecule has 350 valence electrons. The molecule has 0 fully saturated rings. The van der Waals surface area contributed by atoms with Crippen molar-refractivity contribution in [3.8, 4) is 0 Å². The number of quaternary nitrogens is 1. The number of allylic oxidation sites excluding steroid dienone is 20. The van der Waals surface area contributed by atoms with Gasteiger partial charge in [0.25, 0.3) is 0 Å². The number of esters is 2. The number of hydrogen-bond acceptors (Lipinski definition) is 7. The average molecular weight is 883 g/mol. The maximum absolute atomic E-state index is 12.7. The summed E-state index contributed by atoms with van der Waals surface area (Å²) in [6.45, 7) is 4.16. The molecule has 2 atom stereocenters. The first-order valence-electron chi connectivity index (χ1n) is 23.3. The fourth-order valence-electron chi connectivity index (χ4n) is 5.33. The first-order chi connectivity index (χ1) is 30.0. The van der Waals surface area contributed by atoms with E-state index in [1.165, 1.54) is 51.4 Å². The Bertz CT molecular complexity index is 1460. The van der Waals surface area contributed by atoms with E-state index in [2.05, 4.69) is 111 Å². The van der Waals surface area contributed by atoms with Gasteiger partial charge >= 0.3 is 19.8 Å². The van der Waals surface area contributed by atoms with Crippen molar-refractivity contribution < 1.29 is 42.1 Å². The quantitative estimate of drug-likeness (QED) is 0.0213. The third-order valence-corrected chi connectivity index (χ3v) is 9.98. The summed E-state index contributed by atoms with van der Waals surface area (Å²) in [6, 6.07) is 0. The van der Waals surface area contributed by atoms with Crippen LogP contribution < -0.4 is 0 Å². The van der Waals surface area contributed by atoms with E-state index in [0.717, 1.165) is 51.4 Å². The summed E-state index contributed by atoms with van der Waals surface area (Å²) >= 11 is 0. The van der Waals surface area contributed by atoms with Crippen LogP contribution in [0.3, 0.4) is 0 Å². The van der Waals surface area contributed by atoms with E-state index in [-0.39, 0.29) is 26.1 Å². The van der Waals surface area contributed by atoms with Crippen molar-refractivity contribution in [1.29, 1.82) is 0 Å². The fraction of sp³-hybridized carbons (Fsp3) is 0.577. The highest BCUT2D eigenvalue weighted by Gasteiger charge is 2.27. The van der Waals surface area contributed by atoms with Gasteiger partial charge in [0.15, 0.2) is 6.10 Å². The SMILES string of the molecule is CCCCC/C=C\C/C=C\C/C=C\C/C=C\C/C=C\CCC(=O)OC[C@H](COP(=O)(O)OCC[N+](C)(C)C)OC(=O)CC/C=C\C/C=C\C/C=C\C/C=C\C/C=C\CCCCC. The lowest BCUT2D eigenvalue weighted by molar-refractivity contribution is -0.870. The number of rotatable bonds is 40. The molecule has 10 heteroatoms. The Kier molecular flexibility index (Phi) is 40.2. The minimum atomic E-state index is -4.42. The standard InChI is InChI=1S/C52H84NO8P/c1-6-8-10-12-14-16-18-20-22-24-26-28-30-32-34-36-38-40-42-44-51(54)58-48-50(49-60-62(56,57)59-47-46-53(3,4)5)61-52(55)45-43-41-39-37-35-33-31-29-27-25-23-21-19-17-15-13-11-9-7-2/h14-17,20-23,26-29,32-35,38-41,50H,6-13,18-19,24-25,30-31,36-37,42-49H2,1-5H3/p+1/b16-14-,17-15-,22-20-,23-21-,28-26-,29-27-,34-32-,35-33-,40-38-,41-39-/t50-/m1/s1. The molecular formula is C52H85NO8P+. The Morgan fingerprint density at radius 3 is 1.23 bits per heavy atom. The highest BCUT2D eigenvalue weighted by Crippen LogP contribution is 2.43. The van der Waals surface area contributed by atoms with Crippen LogP contribution in [0.2, 0.25) is 0 Å². The average Bonchev–Trinajstić information content (AvgIpc) is 3.23. The number of unbranched alkanes of at least 4 members (excludes halogenated alkanes) is 6. The number of phosphoric acid groups is 1. The van der Waals surface area contributed by atoms with Gasteiger partial charge in [0.05, 0.1) is 27.7 Å². The monoisotopic (exact) mass is 883 g/mol. The zero-order valence-electron chi connectivity index (χ0n) is 39.3. The molecule has 1 N–H and O–H groups in total. The number of hydrogen-bond donors (Lipinski definition) is 1. The van der Waals surface area contributed by atoms with E-state index in [1.54, 1.807) is 0 Å². The van der Waals surface area contributed by atoms with Crippen molar-refractivity contribution in [3.63, 3.8) is 0 Å². The van der Waals surface area contributed by atoms with Crippen molar-refractivity contribution in [2.75, 3.05) is 47.5 Å². The summed E-state index contributed by atoms with van der Waals surface area (Å²) in [5.41, 5.74) is 0. The van der Waals surface area contributed by atoms with Gasteiger partial charge in [-0.25, -0.2) is 4.57 Å². The zero-order chi connectivity index (χ0) is 45.7. The summed E-state index contributed by atoms with van der Waals surface area (Å²) in [4.78, 5) is 35.4. The molecule has 1 unspecified atom stereocenters. The number of phosphoric ester groups is 1. The van der Waals surface area contributed by atoms with Gasteiger partial charge in [-0.1, -0.05) is 161 Å². The molecule has 0 aliphatic heterocycles. The molecular weight excluding hydrogens is 798 g/mol. The highest BCUT2D eigenvalue weighted by atomic mass is 31.2. The van der Waals surface area contributed by atoms with Crippen LogP contribution in [0.1, 0.15) is 142 Å². The Labute approximate surface area is 378 Å². The third-order valence-electron chi connectivity index (χ3n) is 8.99. The Hall–Kier alpha value is -3.59. The van der Waals surface area contributed by atoms with Crippen LogP contribution in [0.4, 0.5) is 0 Å². The number of ether oxygens (including phenoxy) is 2. The minimum absolute atomic E-state index is 0.0000434. The summed E-state index contributed by atoms with van der Waals surface area (Å²) in [7, 11) is 1.37. The van der Waals surface area contributed by atoms with Crippen molar-refractivity contribution in [2.45, 2.75) is 148 Å². The lowest BCUT2D eigenvalue weighted by Crippen LogP contribution is -2.37. The number of nitrogens with zero attached hydrogens (tertiary/aromatic N) is 1. The summed E-state index contributed by atoms with van der Waals surface area (Å²) in [5.74, 6) is -1.00. The Balaban J connectivity index is 4.60. The molecule has 0 aliphatic rings. The maximum atomic E-state index is 12.7. The topological polar surface area (TPSA) is 108 Å². The minimum Gasteiger partial charge on any atom is -0.462 e. The molecule has 0 amide bonds. The second-order valence-electron chi connectivity index (χ2n) is 16.1. The van der Waals surface area contributed by atoms with Crippen molar-refractivity contribution >= 4 is 19.8 Å². The van der Waals surface area contributed by atoms with Crippen molar-refractivity contribution in [3.05, 3.63) is 122 Å². The van der Waals surface area contributed by atoms with Crippen LogP contribution in [-0.4, -0.2) is 74.9 Å². The molecule has 0 rings (SSSR count). The van der Waals surface area contributed by atoms with E-state index in [9.17, 15) is 19.0 Å². The molecule has 0 aromatic rings. The third kappa shape index (κ3) is 45.9. The summed E-state index contributed by atoms with van der Waals surface area (Å²) in [5, 5.41) is 0. The van der Waals surface area contributed by atoms with Crippen LogP contribution >= 0.6 is 7.82 Å². The zero-order valence-corrected chi connectivity index (χ0v) is 40.2. The van der Waals surface area contributed by atoms with Crippen molar-refractivity contribution in [2.24, 2.45) is 0 Å². The highest BCUT2D eigenvalue weighted by molar-refractivity contribution is 7.47. The van der Waals surface area contributed by atoms with Crippen LogP contribution in [-0.2, 0) is 32.7 Å². The molecule has 0 saturated heterocycles. The van der Waals surface area contributed by atoms with Gasteiger partial charge in [0.2, 0.25) is 0 Å². The van der Waals surface area contributed by atoms with Crippen molar-refractivity contribution in [1.82, 2.24) is 0 Å². The number of carbonyl (C=O) groups is 2. The van der Waals surface area contributed by atoms with E-state index in [0.29, 0.717) is 23.9 Å². The normalized spacial score (nSPS) is 14.6. The Morgan fingerprint density at radius 2 is 0.855 bits per heavy atom. The molecule has 0 spiro atoms. The predicted octanol–water partition coefficient (Wildman–Crippen LogP) is 13.7. The largest absolute Gasteiger partial charge is 0.472 e. The van der Waals surface area contributed by atoms with Gasteiger partial charge in [-0.15, -0.1) is 0 Å². The van der Waals surface area contributed by atoms with E-state index < -0.39 is 32.5 Å². The van der Waals surface area contributed by atoms with Gasteiger partial charge in [-0.2, -0.15) is 0 Å². The van der Waals surface area contributed by atoms with Gasteiger partial charge in [-0.3, -0.25) is 18.6 Å². The molecule has 0 aromatic heterocycles. The molecule has 0 bridgehead atoms. The smallest absolute Gasteiger partial charge is 0.462 e. The Morgan fingerprint density at radius 1 is 0.500 bits per heavy atom. The number of carbonyl (C=O) groups excluding carboxylic acids is 2. The van der Waals surface area contributed by atoms with Crippen LogP contribution in [0.25, 0.3) is 0 Å². The number of likely N-dealkylation sites (N-methyl/N-ethyl adjacent to an activating group) is 1. The second kappa shape index (κ2) is 42.7. The fourth-order valence-corrected chi connectivity index (χ4v) is 6.07. The molecule has 9 nitrogen and oxygen atoms in total. The van der Waals surface area contributed by atoms with Crippen LogP contribution in [0, 0.1) is 0 Å². The van der Waals surface area contributed by atoms with E-state index >= 15 is 0 Å². The molecule has 62 heavy (non-hydrogen) atoms. The molecule has 0 aromatic carbocycles. The molecule has 0 radical (unpaired) electrons. The van der Waals surface area contributed by atoms with Gasteiger partial charge < -0.3 is 18.9 Å². The van der Waals surface area contributed by atoms with Gasteiger partial charge in [-0.05, 0) is 89.9 Å². The lowest BCUT2D eigenvalue weighted by Gasteiger charge is -2.24. The first kappa shape index (κ1) is 58.4. The van der Waals surface area contributed by atoms with Gasteiger partial charge in [0.1, 0.15) is 19.8 Å². The summed E-state index contributed by atoms with van der Waals surface area (Å²) in [6.07, 6.45) is 59.9. The van der Waals surface area contributed by atoms with E-state index in [4.69, 9.17) is 18.5 Å². The van der Waals surface area contributed by atoms with Gasteiger partial charge in [0, 0.05) is 12.8 Å². The summed E-state index contributed by atoms with van der Waals surface area (Å²) < 4.78 is 34.1. The molecule has 0 saturated carbocycles. The van der Waals surface area contributed by atoms with Crippen LogP contribution in [0.15, 0.2) is 122 Å². The molecule has 0 heterocycles. The first-order valence-corrected chi connectivity index (χ1v) is 24.8. The lowest BCUT2D eigenvalue weighted by atomic mass is 10.2. The molecule has 0 aliphatic carbocycles. The van der Waals surface area contributed by atoms with Crippen LogP contribution in [0.5, 0.6) is 0 Å². The predicted molar refractivity (Wildman–Crippen MR) is 261 cm³/mol. The maximum Gasteiger partial charge on any atom is 0.472 e. The second-order valence-corrected chi connectivity index (χ2v) is 17.5.